The van der Waals surface area contributed by atoms with Gasteiger partial charge < -0.3 is 9.47 Å². The number of ether oxygens (including phenoxy) is 2. The molecule has 3 aromatic rings. The number of nitrogens with zero attached hydrogens (tertiary/aromatic N) is 1. The molecule has 0 aromatic heterocycles. The monoisotopic (exact) mass is 487 g/mol. The molecule has 2 aliphatic rings. The van der Waals surface area contributed by atoms with E-state index in [1.807, 2.05) is 0 Å². The second-order valence-corrected chi connectivity index (χ2v) is 10.1. The summed E-state index contributed by atoms with van der Waals surface area (Å²) in [6.45, 7) is 3.63. The number of rotatable bonds is 8. The highest BCUT2D eigenvalue weighted by atomic mass is 19.1. The Hall–Kier alpha value is -3.18. The molecule has 0 saturated carbocycles. The lowest BCUT2D eigenvalue weighted by molar-refractivity contribution is -0.140. The van der Waals surface area contributed by atoms with Crippen molar-refractivity contribution in [2.75, 3.05) is 20.2 Å². The van der Waals surface area contributed by atoms with Gasteiger partial charge in [0, 0.05) is 19.0 Å². The van der Waals surface area contributed by atoms with E-state index < -0.39 is 0 Å². The molecular formula is C31H34FNO3. The third-order valence-electron chi connectivity index (χ3n) is 7.96. The third-order valence-corrected chi connectivity index (χ3v) is 7.96. The Bertz CT molecular complexity index is 1200. The van der Waals surface area contributed by atoms with Gasteiger partial charge in [-0.25, -0.2) is 4.39 Å². The van der Waals surface area contributed by atoms with Crippen molar-refractivity contribution in [2.45, 2.75) is 57.1 Å². The minimum Gasteiger partial charge on any atom is -0.489 e. The largest absolute Gasteiger partial charge is 0.489 e. The van der Waals surface area contributed by atoms with E-state index in [1.54, 1.807) is 23.3 Å². The number of benzene rings is 3. The van der Waals surface area contributed by atoms with Crippen LogP contribution in [0, 0.1) is 5.82 Å². The van der Waals surface area contributed by atoms with Gasteiger partial charge >= 0.3 is 5.97 Å². The predicted octanol–water partition coefficient (Wildman–Crippen LogP) is 5.99. The minimum absolute atomic E-state index is 0.159. The van der Waals surface area contributed by atoms with E-state index in [1.165, 1.54) is 44.4 Å². The van der Waals surface area contributed by atoms with E-state index in [-0.39, 0.29) is 18.2 Å². The van der Waals surface area contributed by atoms with Crippen molar-refractivity contribution in [2.24, 2.45) is 0 Å². The summed E-state index contributed by atoms with van der Waals surface area (Å²) in [6, 6.07) is 22.4. The molecule has 0 radical (unpaired) electrons. The molecular weight excluding hydrogens is 453 g/mol. The number of esters is 1. The molecule has 1 heterocycles. The molecule has 4 nitrogen and oxygen atoms in total. The Kier molecular flexibility index (Phi) is 7.38. The Morgan fingerprint density at radius 3 is 2.47 bits per heavy atom. The standard InChI is InChI=1S/C31H34FNO3/c1-35-30(34)13-11-26-10-12-27(20-29(26)32)36-22-24-8-6-23(7-9-24)21-33-18-16-31(17-19-33)15-14-25-4-2-3-5-28(25)31/h2-10,12,20H,11,13-19,21-22H2,1H3. The first-order valence-electron chi connectivity index (χ1n) is 12.9. The molecule has 0 amide bonds. The molecule has 0 N–H and O–H groups in total. The summed E-state index contributed by atoms with van der Waals surface area (Å²) < 4.78 is 24.8. The number of halogens is 1. The first-order valence-corrected chi connectivity index (χ1v) is 12.9. The van der Waals surface area contributed by atoms with Gasteiger partial charge in [0.15, 0.2) is 0 Å². The van der Waals surface area contributed by atoms with Crippen LogP contribution in [0.3, 0.4) is 0 Å². The zero-order valence-electron chi connectivity index (χ0n) is 21.0. The molecule has 1 fully saturated rings. The summed E-state index contributed by atoms with van der Waals surface area (Å²) in [6.07, 6.45) is 5.49. The third kappa shape index (κ3) is 5.46. The fourth-order valence-corrected chi connectivity index (χ4v) is 5.75. The molecule has 36 heavy (non-hydrogen) atoms. The van der Waals surface area contributed by atoms with Crippen LogP contribution < -0.4 is 4.74 Å². The van der Waals surface area contributed by atoms with Gasteiger partial charge in [0.25, 0.3) is 0 Å². The molecule has 3 aromatic carbocycles. The second kappa shape index (κ2) is 10.8. The molecule has 0 unspecified atom stereocenters. The lowest BCUT2D eigenvalue weighted by atomic mass is 9.74. The number of methoxy groups -OCH3 is 1. The Labute approximate surface area is 213 Å². The topological polar surface area (TPSA) is 38.8 Å². The summed E-state index contributed by atoms with van der Waals surface area (Å²) in [4.78, 5) is 13.9. The van der Waals surface area contributed by atoms with Gasteiger partial charge in [0.2, 0.25) is 0 Å². The van der Waals surface area contributed by atoms with Gasteiger partial charge in [0.05, 0.1) is 7.11 Å². The highest BCUT2D eigenvalue weighted by Crippen LogP contribution is 2.46. The molecule has 188 valence electrons. The van der Waals surface area contributed by atoms with E-state index in [9.17, 15) is 9.18 Å². The van der Waals surface area contributed by atoms with E-state index in [0.717, 1.165) is 25.2 Å². The number of fused-ring (bicyclic) bond motifs is 2. The van der Waals surface area contributed by atoms with Crippen molar-refractivity contribution < 1.29 is 18.7 Å². The zero-order valence-corrected chi connectivity index (χ0v) is 21.0. The van der Waals surface area contributed by atoms with E-state index >= 15 is 0 Å². The Morgan fingerprint density at radius 1 is 0.972 bits per heavy atom. The van der Waals surface area contributed by atoms with Gasteiger partial charge in [-0.05, 0) is 84.5 Å². The fourth-order valence-electron chi connectivity index (χ4n) is 5.75. The van der Waals surface area contributed by atoms with Gasteiger partial charge in [-0.2, -0.15) is 0 Å². The van der Waals surface area contributed by atoms with Crippen molar-refractivity contribution in [3.8, 4) is 5.75 Å². The van der Waals surface area contributed by atoms with Crippen molar-refractivity contribution >= 4 is 5.97 Å². The van der Waals surface area contributed by atoms with Crippen LogP contribution in [0.1, 0.15) is 53.5 Å². The van der Waals surface area contributed by atoms with Crippen molar-refractivity contribution in [3.05, 3.63) is 100 Å². The number of hydrogen-bond acceptors (Lipinski definition) is 4. The number of likely N-dealkylation sites (tertiary alicyclic amines) is 1. The molecule has 1 saturated heterocycles. The first-order chi connectivity index (χ1) is 17.5. The summed E-state index contributed by atoms with van der Waals surface area (Å²) in [7, 11) is 1.33. The first kappa shape index (κ1) is 24.5. The van der Waals surface area contributed by atoms with Crippen molar-refractivity contribution in [1.29, 1.82) is 0 Å². The highest BCUT2D eigenvalue weighted by molar-refractivity contribution is 5.69. The van der Waals surface area contributed by atoms with Crippen LogP contribution in [-0.4, -0.2) is 31.1 Å². The number of carbonyl (C=O) groups is 1. The van der Waals surface area contributed by atoms with E-state index in [4.69, 9.17) is 4.74 Å². The second-order valence-electron chi connectivity index (χ2n) is 10.1. The molecule has 0 atom stereocenters. The molecule has 1 spiro atoms. The lowest BCUT2D eigenvalue weighted by Crippen LogP contribution is -2.41. The quantitative estimate of drug-likeness (QED) is 0.366. The summed E-state index contributed by atoms with van der Waals surface area (Å²) >= 11 is 0. The maximum atomic E-state index is 14.3. The smallest absolute Gasteiger partial charge is 0.305 e. The summed E-state index contributed by atoms with van der Waals surface area (Å²) in [5, 5.41) is 0. The van der Waals surface area contributed by atoms with Crippen LogP contribution in [0.15, 0.2) is 66.7 Å². The molecule has 0 bridgehead atoms. The van der Waals surface area contributed by atoms with Crippen LogP contribution in [0.4, 0.5) is 4.39 Å². The number of aryl methyl sites for hydroxylation is 2. The van der Waals surface area contributed by atoms with E-state index in [0.29, 0.717) is 29.8 Å². The van der Waals surface area contributed by atoms with Gasteiger partial charge in [-0.15, -0.1) is 0 Å². The highest BCUT2D eigenvalue weighted by Gasteiger charge is 2.40. The Balaban J connectivity index is 1.10. The molecule has 5 heteroatoms. The maximum absolute atomic E-state index is 14.3. The van der Waals surface area contributed by atoms with Gasteiger partial charge in [-0.3, -0.25) is 9.69 Å². The van der Waals surface area contributed by atoms with Crippen molar-refractivity contribution in [3.63, 3.8) is 0 Å². The number of hydrogen-bond donors (Lipinski definition) is 0. The summed E-state index contributed by atoms with van der Waals surface area (Å²) in [5.74, 6) is -0.229. The predicted molar refractivity (Wildman–Crippen MR) is 138 cm³/mol. The molecule has 1 aliphatic carbocycles. The maximum Gasteiger partial charge on any atom is 0.305 e. The SMILES string of the molecule is COC(=O)CCc1ccc(OCc2ccc(CN3CCC4(CCc5ccccc54)CC3)cc2)cc1F. The zero-order chi connectivity index (χ0) is 25.0. The number of carbonyl (C=O) groups excluding carboxylic acids is 1. The normalized spacial score (nSPS) is 16.6. The van der Waals surface area contributed by atoms with Crippen LogP contribution in [0.25, 0.3) is 0 Å². The van der Waals surface area contributed by atoms with Crippen LogP contribution in [0.5, 0.6) is 5.75 Å². The van der Waals surface area contributed by atoms with Gasteiger partial charge in [0.1, 0.15) is 18.2 Å². The minimum atomic E-state index is -0.365. The average molecular weight is 488 g/mol. The average Bonchev–Trinajstić information content (AvgIpc) is 3.27. The van der Waals surface area contributed by atoms with Gasteiger partial charge in [-0.1, -0.05) is 54.6 Å². The van der Waals surface area contributed by atoms with Crippen LogP contribution >= 0.6 is 0 Å². The van der Waals surface area contributed by atoms with Crippen molar-refractivity contribution in [1.82, 2.24) is 4.90 Å². The Morgan fingerprint density at radius 2 is 1.72 bits per heavy atom. The lowest BCUT2D eigenvalue weighted by Gasteiger charge is -2.40. The molecule has 1 aliphatic heterocycles. The van der Waals surface area contributed by atoms with Crippen LogP contribution in [-0.2, 0) is 40.9 Å². The van der Waals surface area contributed by atoms with E-state index in [2.05, 4.69) is 58.2 Å². The number of piperidine rings is 1. The van der Waals surface area contributed by atoms with Crippen LogP contribution in [0.2, 0.25) is 0 Å². The molecule has 5 rings (SSSR count). The summed E-state index contributed by atoms with van der Waals surface area (Å²) in [5.41, 5.74) is 6.40. The fraction of sp³-hybridized carbons (Fsp3) is 0.387.